The maximum Gasteiger partial charge on any atom is 0.169 e. The van der Waals surface area contributed by atoms with Crippen LogP contribution in [0.1, 0.15) is 37.0 Å². The largest absolute Gasteiger partial charge is 0.453 e. The number of halogens is 1. The van der Waals surface area contributed by atoms with Crippen LogP contribution in [-0.4, -0.2) is 5.54 Å². The van der Waals surface area contributed by atoms with E-state index in [4.69, 9.17) is 10.2 Å². The van der Waals surface area contributed by atoms with Crippen LogP contribution in [0.2, 0.25) is 0 Å². The van der Waals surface area contributed by atoms with E-state index in [0.717, 1.165) is 23.3 Å². The second-order valence-electron chi connectivity index (χ2n) is 4.80. The minimum absolute atomic E-state index is 0.0506. The third-order valence-corrected chi connectivity index (χ3v) is 4.20. The van der Waals surface area contributed by atoms with Crippen molar-refractivity contribution in [2.24, 2.45) is 5.73 Å². The van der Waals surface area contributed by atoms with Crippen molar-refractivity contribution in [1.82, 2.24) is 0 Å². The number of hydrogen-bond donors (Lipinski definition) is 1. The van der Waals surface area contributed by atoms with E-state index >= 15 is 0 Å². The molecule has 2 aliphatic carbocycles. The molecule has 0 unspecified atom stereocenters. The van der Waals surface area contributed by atoms with Crippen molar-refractivity contribution >= 4 is 15.9 Å². The van der Waals surface area contributed by atoms with Gasteiger partial charge in [0.1, 0.15) is 5.76 Å². The number of aryl methyl sites for hydroxylation is 1. The molecule has 2 N–H and O–H groups in total. The Hall–Kier alpha value is -0.280. The van der Waals surface area contributed by atoms with Gasteiger partial charge in [0.25, 0.3) is 0 Å². The summed E-state index contributed by atoms with van der Waals surface area (Å²) in [5.41, 5.74) is 7.80. The SMILES string of the molecule is Cc1cc(Br)oc1C1(C2(N)CC2)CC1. The van der Waals surface area contributed by atoms with Gasteiger partial charge < -0.3 is 10.2 Å². The molecule has 2 aliphatic rings. The zero-order valence-electron chi connectivity index (χ0n) is 8.27. The maximum atomic E-state index is 6.32. The molecule has 0 spiro atoms. The molecule has 3 rings (SSSR count). The molecule has 2 saturated carbocycles. The fourth-order valence-corrected chi connectivity index (χ4v) is 3.11. The molecule has 1 heterocycles. The third-order valence-electron chi connectivity index (χ3n) is 3.81. The molecule has 0 radical (unpaired) electrons. The summed E-state index contributed by atoms with van der Waals surface area (Å²) in [6, 6.07) is 2.04. The van der Waals surface area contributed by atoms with Gasteiger partial charge in [-0.3, -0.25) is 0 Å². The van der Waals surface area contributed by atoms with E-state index in [0.29, 0.717) is 0 Å². The van der Waals surface area contributed by atoms with Crippen LogP contribution in [0.25, 0.3) is 0 Å². The van der Waals surface area contributed by atoms with Crippen molar-refractivity contribution in [2.45, 2.75) is 43.6 Å². The summed E-state index contributed by atoms with van der Waals surface area (Å²) >= 11 is 3.38. The smallest absolute Gasteiger partial charge is 0.169 e. The monoisotopic (exact) mass is 255 g/mol. The Kier molecular flexibility index (Phi) is 1.57. The lowest BCUT2D eigenvalue weighted by molar-refractivity contribution is 0.378. The number of rotatable bonds is 2. The van der Waals surface area contributed by atoms with Crippen LogP contribution in [0.3, 0.4) is 0 Å². The predicted octanol–water partition coefficient (Wildman–Crippen LogP) is 2.87. The molecule has 0 aromatic carbocycles. The van der Waals surface area contributed by atoms with Gasteiger partial charge in [-0.1, -0.05) is 0 Å². The Labute approximate surface area is 92.0 Å². The predicted molar refractivity (Wildman–Crippen MR) is 58.2 cm³/mol. The van der Waals surface area contributed by atoms with Gasteiger partial charge in [0.2, 0.25) is 0 Å². The lowest BCUT2D eigenvalue weighted by atomic mass is 9.89. The van der Waals surface area contributed by atoms with Gasteiger partial charge in [-0.15, -0.1) is 0 Å². The molecular weight excluding hydrogens is 242 g/mol. The van der Waals surface area contributed by atoms with Gasteiger partial charge in [0.15, 0.2) is 4.67 Å². The first kappa shape index (κ1) is 8.98. The highest BCUT2D eigenvalue weighted by atomic mass is 79.9. The molecule has 2 nitrogen and oxygen atoms in total. The fraction of sp³-hybridized carbons (Fsp3) is 0.636. The molecule has 0 aliphatic heterocycles. The molecule has 2 fully saturated rings. The summed E-state index contributed by atoms with van der Waals surface area (Å²) < 4.78 is 6.58. The van der Waals surface area contributed by atoms with Gasteiger partial charge in [-0.25, -0.2) is 0 Å². The summed E-state index contributed by atoms with van der Waals surface area (Å²) in [6.07, 6.45) is 4.71. The Morgan fingerprint density at radius 2 is 2.00 bits per heavy atom. The zero-order chi connectivity index (χ0) is 9.97. The van der Waals surface area contributed by atoms with Crippen molar-refractivity contribution in [2.75, 3.05) is 0 Å². The Balaban J connectivity index is 2.06. The van der Waals surface area contributed by atoms with Crippen LogP contribution in [0.4, 0.5) is 0 Å². The average Bonchev–Trinajstić information content (AvgIpc) is 2.97. The van der Waals surface area contributed by atoms with E-state index in [-0.39, 0.29) is 11.0 Å². The fourth-order valence-electron chi connectivity index (χ4n) is 2.61. The standard InChI is InChI=1S/C11H14BrNO/c1-7-6-8(12)14-9(7)10(2-3-10)11(13)4-5-11/h6H,2-5,13H2,1H3. The lowest BCUT2D eigenvalue weighted by Gasteiger charge is -2.21. The van der Waals surface area contributed by atoms with Crippen LogP contribution in [0.5, 0.6) is 0 Å². The van der Waals surface area contributed by atoms with Crippen LogP contribution < -0.4 is 5.73 Å². The maximum absolute atomic E-state index is 6.32. The van der Waals surface area contributed by atoms with Crippen molar-refractivity contribution in [3.05, 3.63) is 22.1 Å². The topological polar surface area (TPSA) is 39.2 Å². The molecule has 0 bridgehead atoms. The minimum Gasteiger partial charge on any atom is -0.453 e. The van der Waals surface area contributed by atoms with E-state index < -0.39 is 0 Å². The Morgan fingerprint density at radius 1 is 1.36 bits per heavy atom. The summed E-state index contributed by atoms with van der Waals surface area (Å²) in [5, 5.41) is 0. The van der Waals surface area contributed by atoms with Crippen molar-refractivity contribution < 1.29 is 4.42 Å². The summed E-state index contributed by atoms with van der Waals surface area (Å²) in [6.45, 7) is 2.11. The minimum atomic E-state index is 0.0506. The van der Waals surface area contributed by atoms with Crippen LogP contribution >= 0.6 is 15.9 Å². The normalized spacial score (nSPS) is 26.2. The van der Waals surface area contributed by atoms with Crippen LogP contribution in [-0.2, 0) is 5.41 Å². The highest BCUT2D eigenvalue weighted by molar-refractivity contribution is 9.10. The van der Waals surface area contributed by atoms with Gasteiger partial charge in [0.05, 0.1) is 0 Å². The van der Waals surface area contributed by atoms with Gasteiger partial charge in [0, 0.05) is 11.0 Å². The molecule has 76 valence electrons. The second-order valence-corrected chi connectivity index (χ2v) is 5.58. The number of hydrogen-bond acceptors (Lipinski definition) is 2. The summed E-state index contributed by atoms with van der Waals surface area (Å²) in [7, 11) is 0. The third kappa shape index (κ3) is 0.999. The van der Waals surface area contributed by atoms with Crippen LogP contribution in [0.15, 0.2) is 15.2 Å². The molecule has 1 aromatic heterocycles. The molecule has 1 aromatic rings. The summed E-state index contributed by atoms with van der Waals surface area (Å²) in [5.74, 6) is 1.13. The first-order chi connectivity index (χ1) is 6.57. The Bertz CT molecular complexity index is 388. The second kappa shape index (κ2) is 2.45. The molecule has 14 heavy (non-hydrogen) atoms. The van der Waals surface area contributed by atoms with Crippen molar-refractivity contribution in [1.29, 1.82) is 0 Å². The van der Waals surface area contributed by atoms with E-state index in [1.807, 2.05) is 6.07 Å². The van der Waals surface area contributed by atoms with Crippen molar-refractivity contribution in [3.8, 4) is 0 Å². The molecule has 0 atom stereocenters. The van der Waals surface area contributed by atoms with E-state index in [1.165, 1.54) is 18.4 Å². The van der Waals surface area contributed by atoms with E-state index in [2.05, 4.69) is 22.9 Å². The first-order valence-corrected chi connectivity index (χ1v) is 5.92. The molecule has 0 amide bonds. The molecule has 0 saturated heterocycles. The zero-order valence-corrected chi connectivity index (χ0v) is 9.86. The van der Waals surface area contributed by atoms with Gasteiger partial charge in [-0.2, -0.15) is 0 Å². The molecular formula is C11H14BrNO. The highest BCUT2D eigenvalue weighted by Crippen LogP contribution is 2.64. The highest BCUT2D eigenvalue weighted by Gasteiger charge is 2.66. The first-order valence-electron chi connectivity index (χ1n) is 5.13. The van der Waals surface area contributed by atoms with Crippen molar-refractivity contribution in [3.63, 3.8) is 0 Å². The quantitative estimate of drug-likeness (QED) is 0.883. The number of furan rings is 1. The Morgan fingerprint density at radius 3 is 2.36 bits per heavy atom. The summed E-state index contributed by atoms with van der Waals surface area (Å²) in [4.78, 5) is 0. The van der Waals surface area contributed by atoms with Gasteiger partial charge >= 0.3 is 0 Å². The van der Waals surface area contributed by atoms with Crippen LogP contribution in [0, 0.1) is 6.92 Å². The van der Waals surface area contributed by atoms with E-state index in [1.54, 1.807) is 0 Å². The van der Waals surface area contributed by atoms with Gasteiger partial charge in [-0.05, 0) is 60.2 Å². The lowest BCUT2D eigenvalue weighted by Crippen LogP contribution is -2.37. The van der Waals surface area contributed by atoms with E-state index in [9.17, 15) is 0 Å². The average molecular weight is 256 g/mol. The number of nitrogens with two attached hydrogens (primary N) is 1. The molecule has 3 heteroatoms.